The van der Waals surface area contributed by atoms with Crippen LogP contribution in [0.15, 0.2) is 130 Å². The lowest BCUT2D eigenvalue weighted by atomic mass is 10.1. The van der Waals surface area contributed by atoms with Gasteiger partial charge >= 0.3 is 48.4 Å². The van der Waals surface area contributed by atoms with Crippen LogP contribution in [0.25, 0.3) is 0 Å². The summed E-state index contributed by atoms with van der Waals surface area (Å²) < 4.78 is 297. The number of fused-ring (bicyclic) bond motifs is 4. The van der Waals surface area contributed by atoms with Crippen LogP contribution in [0, 0.1) is 59.1 Å². The average Bonchev–Trinajstić information content (AvgIpc) is 1.55. The fraction of sp³-hybridized carbons (Fsp3) is 0.406. The van der Waals surface area contributed by atoms with Gasteiger partial charge in [0.1, 0.15) is 123 Å². The van der Waals surface area contributed by atoms with Crippen LogP contribution in [0.4, 0.5) is 35.1 Å². The lowest BCUT2D eigenvalue weighted by Crippen LogP contribution is -2.47. The molecule has 39 nitrogen and oxygen atoms in total. The molecule has 672 valence electrons. The quantitative estimate of drug-likeness (QED) is 0.0246. The van der Waals surface area contributed by atoms with Crippen LogP contribution >= 0.6 is 80.2 Å². The van der Waals surface area contributed by atoms with Crippen LogP contribution in [0.3, 0.4) is 0 Å². The van der Waals surface area contributed by atoms with Crippen LogP contribution in [0.5, 0.6) is 23.0 Å². The molecule has 0 aliphatic carbocycles. The molecule has 0 amide bonds. The van der Waals surface area contributed by atoms with Gasteiger partial charge in [-0.05, 0) is 49.9 Å². The fourth-order valence-corrected chi connectivity index (χ4v) is 17.8. The summed E-state index contributed by atoms with van der Waals surface area (Å²) in [5.74, 6) is -18.5. The van der Waals surface area contributed by atoms with E-state index in [1.165, 1.54) is 0 Å². The van der Waals surface area contributed by atoms with E-state index in [1.54, 1.807) is 100 Å². The van der Waals surface area contributed by atoms with Crippen molar-refractivity contribution in [2.75, 3.05) is 26.3 Å². The second kappa shape index (κ2) is 36.0. The van der Waals surface area contributed by atoms with Gasteiger partial charge in [-0.2, -0.15) is 0 Å². The number of phosphoric ester groups is 4. The van der Waals surface area contributed by atoms with Gasteiger partial charge in [0, 0.05) is 28.5 Å². The zero-order chi connectivity index (χ0) is 95.6. The standard InChI is InChI=1S/C18H19F2N2O7PS.3C17H17F2N2O8PS/c1-9-4-3-5-11-7-26-30(25,29-14(9)11)27-8-18(20)15(24)13(23)17(28-18)22-6-12(19)16(31)21-10(22)2;3*1-8-3-2-4-9-6-26-30(25,29-12(8)9)27-7-17(19)13(23)11(22)15(28-17)21-5-10(18)14(31)20-16(21)24/h3-6,13,15,17,23-24H,2,7-8H2,1H3,(H,21,31);3*2-5,11,13,15,22-23H,6-7H2,1H3,(H,20,24,31)/t13-,15+,17-,18-,30?;3*11-,13+,15-,17-,30?/m1111/s1/i8D2,17D;15D;7D2;. The average molecular weight is 1920 g/mol. The molecule has 0 spiro atoms. The molecule has 0 bridgehead atoms. The van der Waals surface area contributed by atoms with Gasteiger partial charge in [-0.3, -0.25) is 64.8 Å². The Balaban J connectivity index is 0.000000148. The highest BCUT2D eigenvalue weighted by Gasteiger charge is 2.63. The summed E-state index contributed by atoms with van der Waals surface area (Å²) in [6.45, 7) is -0.885. The van der Waals surface area contributed by atoms with E-state index in [4.69, 9.17) is 93.7 Å². The van der Waals surface area contributed by atoms with E-state index < -0.39 is 214 Å². The number of aliphatic hydroxyl groups is 8. The van der Waals surface area contributed by atoms with E-state index in [0.29, 0.717) is 83.3 Å². The van der Waals surface area contributed by atoms with Crippen molar-refractivity contribution in [3.05, 3.63) is 223 Å². The predicted molar refractivity (Wildman–Crippen MR) is 413 cm³/mol. The number of aromatic nitrogens is 6. The van der Waals surface area contributed by atoms with Crippen LogP contribution in [0.2, 0.25) is 0 Å². The molecule has 4 saturated heterocycles. The number of thiocarbonyl (C=S) groups is 1. The number of rotatable bonds is 16. The number of hydrogen-bond acceptors (Lipinski definition) is 36. The highest BCUT2D eigenvalue weighted by atomic mass is 32.1. The molecule has 3 aromatic heterocycles. The van der Waals surface area contributed by atoms with Crippen LogP contribution in [-0.4, -0.2) is 184 Å². The van der Waals surface area contributed by atoms with E-state index in [-0.39, 0.29) is 59.8 Å². The third-order valence-corrected chi connectivity index (χ3v) is 24.9. The lowest BCUT2D eigenvalue weighted by Gasteiger charge is -2.34. The zero-order valence-corrected chi connectivity index (χ0v) is 70.0. The molecule has 0 saturated carbocycles. The van der Waals surface area contributed by atoms with Crippen molar-refractivity contribution >= 4 is 85.2 Å². The number of nitrogens with zero attached hydrogens (tertiary/aromatic N) is 4. The van der Waals surface area contributed by atoms with Crippen molar-refractivity contribution in [2.24, 2.45) is 0 Å². The number of halogens is 8. The van der Waals surface area contributed by atoms with E-state index in [2.05, 4.69) is 48.5 Å². The number of alkyl halides is 4. The molecular weight excluding hydrogens is 1840 g/mol. The first-order valence-electron chi connectivity index (χ1n) is 38.3. The maximum absolute atomic E-state index is 15.9. The SMILES string of the molecule is Cc1cccc2c1OP(=O)(OC[C@@]1(F)O[C@@H](n3cc(F)c(=S)[nH]c3=O)[C@H](O)[C@@H]1O)OC2.[2H]C([2H])(OP1(=O)OCc2cccc(C)c2O1)[C@@]1(F)O[C@@H](n2cc(F)c(=S)[nH]c2=O)[C@H](O)[C@@H]1O.[2H]C([2H])(OP1(=O)OCc2cccc(C)c2O1)[C@@]1(F)O[C@@]([2H])(N2C=C(F)C(=S)NC2=C)[C@H](O)[C@@H]1O.[2H][C@@]1(n2cc(F)c(=S)[nH]c2=O)O[C@](F)(COP2(=O)OCc3cccc(C)c3O2)[C@@H](O)[C@H]1O. The Morgan fingerprint density at radius 3 is 1.15 bits per heavy atom. The zero-order valence-electron chi connectivity index (χ0n) is 69.2. The van der Waals surface area contributed by atoms with Gasteiger partial charge in [-0.25, -0.2) is 67.8 Å². The summed E-state index contributed by atoms with van der Waals surface area (Å²) >= 11 is 18.4. The van der Waals surface area contributed by atoms with Crippen molar-refractivity contribution in [1.29, 1.82) is 0 Å². The summed E-state index contributed by atoms with van der Waals surface area (Å²) in [5, 5.41) is 84.3. The maximum Gasteiger partial charge on any atom is 0.530 e. The normalized spacial score (nSPS) is 35.3. The first-order chi connectivity index (χ1) is 60.3. The Morgan fingerprint density at radius 1 is 0.468 bits per heavy atom. The van der Waals surface area contributed by atoms with Crippen LogP contribution in [0.1, 0.15) is 71.4 Å². The molecular formula is C69H70F8N8O31P4S4. The Labute approximate surface area is 720 Å². The largest absolute Gasteiger partial charge is 0.530 e. The highest BCUT2D eigenvalue weighted by molar-refractivity contribution is 7.80. The summed E-state index contributed by atoms with van der Waals surface area (Å²) in [5.41, 5.74) is 1.10. The minimum absolute atomic E-state index is 0.0795. The van der Waals surface area contributed by atoms with Gasteiger partial charge in [0.15, 0.2) is 48.1 Å². The van der Waals surface area contributed by atoms with Gasteiger partial charge in [0.25, 0.3) is 23.4 Å². The molecule has 20 atom stereocenters. The molecule has 12 N–H and O–H groups in total. The summed E-state index contributed by atoms with van der Waals surface area (Å²) in [6, 6.07) is 20.0. The molecule has 7 aromatic rings. The second-order valence-corrected chi connectivity index (χ2v) is 35.3. The highest BCUT2D eigenvalue weighted by Crippen LogP contribution is 2.61. The van der Waals surface area contributed by atoms with Gasteiger partial charge in [-0.1, -0.05) is 128 Å². The summed E-state index contributed by atoms with van der Waals surface area (Å²) in [4.78, 5) is 42.0. The summed E-state index contributed by atoms with van der Waals surface area (Å²) in [6.07, 6.45) is -27.2. The third-order valence-electron chi connectivity index (χ3n) is 18.8. The maximum atomic E-state index is 15.9. The van der Waals surface area contributed by atoms with Crippen molar-refractivity contribution in [3.8, 4) is 23.0 Å². The first kappa shape index (κ1) is 85.5. The number of hydrogen-bond donors (Lipinski definition) is 12. The number of H-pyrrole nitrogens is 3. The number of aromatic amines is 3. The molecule has 55 heteroatoms. The summed E-state index contributed by atoms with van der Waals surface area (Å²) in [7, 11) is -18.3. The van der Waals surface area contributed by atoms with Crippen molar-refractivity contribution < 1.29 is 176 Å². The lowest BCUT2D eigenvalue weighted by molar-refractivity contribution is -0.207. The van der Waals surface area contributed by atoms with E-state index in [9.17, 15) is 91.1 Å². The fourth-order valence-electron chi connectivity index (χ4n) is 12.3. The predicted octanol–water partition coefficient (Wildman–Crippen LogP) is 8.30. The number of aryl methyl sites for hydroxylation is 4. The van der Waals surface area contributed by atoms with Gasteiger partial charge in [0.2, 0.25) is 0 Å². The molecule has 12 heterocycles. The Hall–Kier alpha value is -7.89. The molecule has 124 heavy (non-hydrogen) atoms. The van der Waals surface area contributed by atoms with Crippen molar-refractivity contribution in [1.82, 2.24) is 38.9 Å². The minimum atomic E-state index is -4.82. The molecule has 16 rings (SSSR count). The monoisotopic (exact) mass is 1920 g/mol. The minimum Gasteiger partial charge on any atom is -0.403 e. The van der Waals surface area contributed by atoms with Crippen LogP contribution < -0.4 is 40.5 Å². The van der Waals surface area contributed by atoms with Crippen molar-refractivity contribution in [2.45, 2.75) is 151 Å². The number of ether oxygens (including phenoxy) is 4. The molecule has 9 aliphatic heterocycles. The molecule has 4 aromatic carbocycles. The molecule has 0 radical (unpaired) electrons. The second-order valence-electron chi connectivity index (χ2n) is 27.5. The smallest absolute Gasteiger partial charge is 0.403 e. The Bertz CT molecular complexity index is 6350. The first-order valence-corrected chi connectivity index (χ1v) is 42.8. The topological polar surface area (TPSA) is 506 Å². The van der Waals surface area contributed by atoms with Gasteiger partial charge in [-0.15, -0.1) is 0 Å². The van der Waals surface area contributed by atoms with E-state index in [0.717, 1.165) is 0 Å². The Morgan fingerprint density at radius 2 is 0.766 bits per heavy atom. The van der Waals surface area contributed by atoms with Gasteiger partial charge < -0.3 is 88.1 Å². The Kier molecular flexibility index (Phi) is 24.8. The molecule has 9 aliphatic rings. The third kappa shape index (κ3) is 19.1. The number of phosphoric acid groups is 4. The number of aliphatic hydroxyl groups excluding tert-OH is 8. The number of nitrogens with one attached hydrogen (secondary N) is 4. The molecule has 4 unspecified atom stereocenters. The number of para-hydroxylation sites is 4. The van der Waals surface area contributed by atoms with Gasteiger partial charge in [0.05, 0.1) is 53.2 Å². The van der Waals surface area contributed by atoms with Crippen molar-refractivity contribution in [3.63, 3.8) is 0 Å². The molecule has 4 fully saturated rings. The number of benzene rings is 4. The van der Waals surface area contributed by atoms with Crippen LogP contribution in [-0.2, 0) is 99.8 Å². The van der Waals surface area contributed by atoms with E-state index >= 15 is 17.6 Å². The van der Waals surface area contributed by atoms with E-state index in [1.807, 2.05) is 15.0 Å².